The van der Waals surface area contributed by atoms with E-state index in [1.165, 1.54) is 4.90 Å². The monoisotopic (exact) mass is 322 g/mol. The average Bonchev–Trinajstić information content (AvgIpc) is 3.04. The van der Waals surface area contributed by atoms with E-state index in [1.54, 1.807) is 0 Å². The first kappa shape index (κ1) is 15.5. The topological polar surface area (TPSA) is 114 Å². The fourth-order valence-corrected chi connectivity index (χ4v) is 2.80. The third-order valence-corrected chi connectivity index (χ3v) is 4.03. The highest BCUT2D eigenvalue weighted by Crippen LogP contribution is 2.12. The van der Waals surface area contributed by atoms with Crippen molar-refractivity contribution in [1.82, 2.24) is 19.8 Å². The van der Waals surface area contributed by atoms with Gasteiger partial charge in [0, 0.05) is 25.9 Å². The van der Waals surface area contributed by atoms with Gasteiger partial charge in [0.15, 0.2) is 0 Å². The van der Waals surface area contributed by atoms with Crippen LogP contribution in [0.25, 0.3) is 0 Å². The molecular weight excluding hydrogens is 304 g/mol. The second-order valence-electron chi connectivity index (χ2n) is 5.63. The lowest BCUT2D eigenvalue weighted by Crippen LogP contribution is -2.51. The summed E-state index contributed by atoms with van der Waals surface area (Å²) in [4.78, 5) is 51.9. The number of carbonyl (C=O) groups excluding carboxylic acids is 2. The van der Waals surface area contributed by atoms with Gasteiger partial charge in [-0.15, -0.1) is 0 Å². The molecule has 2 fully saturated rings. The molecule has 2 aliphatic rings. The zero-order valence-electron chi connectivity index (χ0n) is 12.5. The Kier molecular flexibility index (Phi) is 4.28. The number of rotatable bonds is 3. The largest absolute Gasteiger partial charge is 0.376 e. The summed E-state index contributed by atoms with van der Waals surface area (Å²) >= 11 is 0. The minimum atomic E-state index is -0.653. The maximum absolute atomic E-state index is 12.5. The van der Waals surface area contributed by atoms with Crippen molar-refractivity contribution < 1.29 is 14.3 Å². The van der Waals surface area contributed by atoms with E-state index in [4.69, 9.17) is 4.74 Å². The van der Waals surface area contributed by atoms with E-state index in [2.05, 4.69) is 10.3 Å². The van der Waals surface area contributed by atoms with Gasteiger partial charge in [-0.3, -0.25) is 19.0 Å². The third kappa shape index (κ3) is 3.19. The van der Waals surface area contributed by atoms with Gasteiger partial charge in [-0.25, -0.2) is 4.79 Å². The normalized spacial score (nSPS) is 21.3. The minimum absolute atomic E-state index is 0.0941. The minimum Gasteiger partial charge on any atom is -0.376 e. The predicted octanol–water partition coefficient (Wildman–Crippen LogP) is -1.71. The van der Waals surface area contributed by atoms with Gasteiger partial charge in [0.05, 0.1) is 19.2 Å². The summed E-state index contributed by atoms with van der Waals surface area (Å²) in [6.07, 6.45) is 2.58. The van der Waals surface area contributed by atoms with Gasteiger partial charge in [0.2, 0.25) is 5.91 Å². The molecule has 0 spiro atoms. The molecule has 0 saturated carbocycles. The van der Waals surface area contributed by atoms with Crippen LogP contribution in [-0.4, -0.2) is 58.6 Å². The van der Waals surface area contributed by atoms with Crippen LogP contribution in [0.4, 0.5) is 0 Å². The number of hydrogen-bond acceptors (Lipinski definition) is 5. The molecule has 2 N–H and O–H groups in total. The molecule has 0 aromatic carbocycles. The third-order valence-electron chi connectivity index (χ3n) is 4.03. The van der Waals surface area contributed by atoms with Gasteiger partial charge in [-0.1, -0.05) is 0 Å². The van der Waals surface area contributed by atoms with E-state index < -0.39 is 17.2 Å². The van der Waals surface area contributed by atoms with Crippen LogP contribution in [0, 0.1) is 0 Å². The Morgan fingerprint density at radius 1 is 1.35 bits per heavy atom. The van der Waals surface area contributed by atoms with Gasteiger partial charge in [-0.05, 0) is 12.8 Å². The van der Waals surface area contributed by atoms with Crippen LogP contribution in [0.1, 0.15) is 23.2 Å². The van der Waals surface area contributed by atoms with E-state index in [9.17, 15) is 19.2 Å². The molecule has 124 valence electrons. The average molecular weight is 322 g/mol. The Morgan fingerprint density at radius 2 is 2.17 bits per heavy atom. The molecule has 0 radical (unpaired) electrons. The summed E-state index contributed by atoms with van der Waals surface area (Å²) in [7, 11) is 0. The standard InChI is InChI=1S/C14H18N4O5/c19-11-8-17(4-3-15-11)12(20)10-6-16-14(22)18(13(10)21)7-9-2-1-5-23-9/h6,9H,1-5,7-8H2,(H,15,19)(H,16,22). The first-order chi connectivity index (χ1) is 11.1. The number of nitrogens with zero attached hydrogens (tertiary/aromatic N) is 2. The highest BCUT2D eigenvalue weighted by Gasteiger charge is 2.26. The second kappa shape index (κ2) is 6.37. The number of carbonyl (C=O) groups is 2. The van der Waals surface area contributed by atoms with Crippen molar-refractivity contribution in [2.45, 2.75) is 25.5 Å². The van der Waals surface area contributed by atoms with Crippen molar-refractivity contribution in [3.8, 4) is 0 Å². The van der Waals surface area contributed by atoms with Gasteiger partial charge < -0.3 is 19.9 Å². The highest BCUT2D eigenvalue weighted by atomic mass is 16.5. The summed E-state index contributed by atoms with van der Waals surface area (Å²) in [5, 5.41) is 2.61. The molecule has 9 heteroatoms. The lowest BCUT2D eigenvalue weighted by molar-refractivity contribution is -0.123. The number of nitrogens with one attached hydrogen (secondary N) is 2. The zero-order valence-corrected chi connectivity index (χ0v) is 12.5. The molecule has 1 aromatic heterocycles. The molecule has 2 aliphatic heterocycles. The number of aromatic amines is 1. The van der Waals surface area contributed by atoms with Crippen LogP contribution in [-0.2, 0) is 16.1 Å². The van der Waals surface area contributed by atoms with E-state index in [0.29, 0.717) is 19.7 Å². The molecule has 1 aromatic rings. The summed E-state index contributed by atoms with van der Waals surface area (Å²) in [6.45, 7) is 1.31. The summed E-state index contributed by atoms with van der Waals surface area (Å²) in [5.74, 6) is -0.823. The molecule has 1 atom stereocenters. The van der Waals surface area contributed by atoms with E-state index in [0.717, 1.165) is 23.6 Å². The number of piperazine rings is 1. The van der Waals surface area contributed by atoms with Crippen molar-refractivity contribution in [3.05, 3.63) is 32.6 Å². The maximum atomic E-state index is 12.5. The van der Waals surface area contributed by atoms with E-state index >= 15 is 0 Å². The van der Waals surface area contributed by atoms with E-state index in [1.807, 2.05) is 0 Å². The Labute approximate surface area is 131 Å². The van der Waals surface area contributed by atoms with Crippen molar-refractivity contribution in [1.29, 1.82) is 0 Å². The second-order valence-corrected chi connectivity index (χ2v) is 5.63. The van der Waals surface area contributed by atoms with Gasteiger partial charge >= 0.3 is 5.69 Å². The molecule has 3 heterocycles. The molecular formula is C14H18N4O5. The van der Waals surface area contributed by atoms with Gasteiger partial charge in [-0.2, -0.15) is 0 Å². The molecule has 9 nitrogen and oxygen atoms in total. The quantitative estimate of drug-likeness (QED) is 0.688. The Morgan fingerprint density at radius 3 is 2.87 bits per heavy atom. The summed E-state index contributed by atoms with van der Waals surface area (Å²) < 4.78 is 6.43. The molecule has 1 unspecified atom stereocenters. The molecule has 23 heavy (non-hydrogen) atoms. The predicted molar refractivity (Wildman–Crippen MR) is 79.2 cm³/mol. The Balaban J connectivity index is 1.87. The van der Waals surface area contributed by atoms with Crippen LogP contribution in [0.5, 0.6) is 0 Å². The van der Waals surface area contributed by atoms with E-state index in [-0.39, 0.29) is 30.7 Å². The molecule has 0 aliphatic carbocycles. The SMILES string of the molecule is O=C1CN(C(=O)c2c[nH]c(=O)n(CC3CCCO3)c2=O)CCN1. The summed E-state index contributed by atoms with van der Waals surface area (Å²) in [5.41, 5.74) is -1.36. The van der Waals surface area contributed by atoms with Crippen LogP contribution in [0.15, 0.2) is 15.8 Å². The molecule has 2 saturated heterocycles. The molecule has 0 bridgehead atoms. The zero-order chi connectivity index (χ0) is 16.4. The van der Waals surface area contributed by atoms with Gasteiger partial charge in [0.25, 0.3) is 11.5 Å². The van der Waals surface area contributed by atoms with Gasteiger partial charge in [0.1, 0.15) is 5.56 Å². The van der Waals surface area contributed by atoms with Crippen molar-refractivity contribution in [2.24, 2.45) is 0 Å². The lowest BCUT2D eigenvalue weighted by atomic mass is 10.2. The van der Waals surface area contributed by atoms with Crippen LogP contribution in [0.2, 0.25) is 0 Å². The van der Waals surface area contributed by atoms with Crippen molar-refractivity contribution in [3.63, 3.8) is 0 Å². The van der Waals surface area contributed by atoms with Crippen LogP contribution >= 0.6 is 0 Å². The Hall–Kier alpha value is -2.42. The number of aromatic nitrogens is 2. The number of ether oxygens (including phenoxy) is 1. The fourth-order valence-electron chi connectivity index (χ4n) is 2.80. The fraction of sp³-hybridized carbons (Fsp3) is 0.571. The van der Waals surface area contributed by atoms with Crippen molar-refractivity contribution >= 4 is 11.8 Å². The maximum Gasteiger partial charge on any atom is 0.328 e. The first-order valence-corrected chi connectivity index (χ1v) is 7.56. The summed E-state index contributed by atoms with van der Waals surface area (Å²) in [6, 6.07) is 0. The number of amides is 2. The Bertz CT molecular complexity index is 731. The highest BCUT2D eigenvalue weighted by molar-refractivity contribution is 5.96. The van der Waals surface area contributed by atoms with Crippen molar-refractivity contribution in [2.75, 3.05) is 26.2 Å². The van der Waals surface area contributed by atoms with Crippen LogP contribution < -0.4 is 16.6 Å². The molecule has 2 amide bonds. The number of H-pyrrole nitrogens is 1. The van der Waals surface area contributed by atoms with Crippen LogP contribution in [0.3, 0.4) is 0 Å². The first-order valence-electron chi connectivity index (χ1n) is 7.56. The lowest BCUT2D eigenvalue weighted by Gasteiger charge is -2.26. The molecule has 3 rings (SSSR count). The number of hydrogen-bond donors (Lipinski definition) is 2. The smallest absolute Gasteiger partial charge is 0.328 e.